The van der Waals surface area contributed by atoms with E-state index >= 15 is 0 Å². The number of nitrogens with two attached hydrogens (primary N) is 1. The van der Waals surface area contributed by atoms with Crippen molar-refractivity contribution in [1.29, 1.82) is 0 Å². The summed E-state index contributed by atoms with van der Waals surface area (Å²) in [6.07, 6.45) is 9.11. The van der Waals surface area contributed by atoms with Crippen LogP contribution in [0.5, 0.6) is 0 Å². The smallest absolute Gasteiger partial charge is 0.220 e. The van der Waals surface area contributed by atoms with Gasteiger partial charge in [0.15, 0.2) is 0 Å². The largest absolute Gasteiger partial charge is 0.352 e. The first-order valence-corrected chi connectivity index (χ1v) is 6.30. The van der Waals surface area contributed by atoms with E-state index in [-0.39, 0.29) is 18.0 Å². The van der Waals surface area contributed by atoms with Crippen molar-refractivity contribution in [2.45, 2.75) is 63.5 Å². The lowest BCUT2D eigenvalue weighted by Gasteiger charge is -2.18. The second kappa shape index (κ2) is 4.97. The zero-order valence-electron chi connectivity index (χ0n) is 9.37. The van der Waals surface area contributed by atoms with Gasteiger partial charge in [-0.15, -0.1) is 0 Å². The molecule has 0 radical (unpaired) electrons. The third kappa shape index (κ3) is 2.94. The first-order valence-electron chi connectivity index (χ1n) is 6.30. The molecule has 1 amide bonds. The highest BCUT2D eigenvalue weighted by molar-refractivity contribution is 5.76. The molecule has 2 saturated carbocycles. The Kier molecular flexibility index (Phi) is 3.62. The lowest BCUT2D eigenvalue weighted by Crippen LogP contribution is -2.44. The zero-order chi connectivity index (χ0) is 10.7. The van der Waals surface area contributed by atoms with Crippen LogP contribution in [0.4, 0.5) is 0 Å². The van der Waals surface area contributed by atoms with Crippen LogP contribution in [0.2, 0.25) is 0 Å². The summed E-state index contributed by atoms with van der Waals surface area (Å²) < 4.78 is 0. The fraction of sp³-hybridized carbons (Fsp3) is 0.917. The standard InChI is InChI=1S/C12H22N2O/c13-10-6-3-7-11(10)14-12(15)8-9-4-1-2-5-9/h9-11H,1-8,13H2,(H,14,15). The van der Waals surface area contributed by atoms with Crippen molar-refractivity contribution in [2.24, 2.45) is 11.7 Å². The molecule has 3 N–H and O–H groups in total. The van der Waals surface area contributed by atoms with E-state index in [2.05, 4.69) is 5.32 Å². The number of amides is 1. The Hall–Kier alpha value is -0.570. The molecule has 0 aliphatic heterocycles. The first-order chi connectivity index (χ1) is 7.25. The molecule has 15 heavy (non-hydrogen) atoms. The summed E-state index contributed by atoms with van der Waals surface area (Å²) in [5.74, 6) is 0.867. The number of carbonyl (C=O) groups excluding carboxylic acids is 1. The van der Waals surface area contributed by atoms with Gasteiger partial charge in [0.25, 0.3) is 0 Å². The average molecular weight is 210 g/mol. The van der Waals surface area contributed by atoms with Crippen LogP contribution >= 0.6 is 0 Å². The van der Waals surface area contributed by atoms with Gasteiger partial charge in [-0.3, -0.25) is 4.79 Å². The van der Waals surface area contributed by atoms with Crippen molar-refractivity contribution in [1.82, 2.24) is 5.32 Å². The molecule has 2 aliphatic carbocycles. The highest BCUT2D eigenvalue weighted by atomic mass is 16.1. The minimum atomic E-state index is 0.192. The summed E-state index contributed by atoms with van der Waals surface area (Å²) in [5, 5.41) is 3.09. The first kappa shape index (κ1) is 10.9. The molecule has 0 aromatic heterocycles. The molecular formula is C12H22N2O. The van der Waals surface area contributed by atoms with E-state index in [9.17, 15) is 4.79 Å². The Labute approximate surface area is 91.8 Å². The van der Waals surface area contributed by atoms with Crippen LogP contribution in [0.15, 0.2) is 0 Å². The van der Waals surface area contributed by atoms with E-state index in [1.54, 1.807) is 0 Å². The maximum absolute atomic E-state index is 11.7. The van der Waals surface area contributed by atoms with Gasteiger partial charge in [0, 0.05) is 18.5 Å². The van der Waals surface area contributed by atoms with Gasteiger partial charge >= 0.3 is 0 Å². The fourth-order valence-corrected chi connectivity index (χ4v) is 2.91. The molecule has 0 saturated heterocycles. The Morgan fingerprint density at radius 1 is 1.13 bits per heavy atom. The minimum absolute atomic E-state index is 0.192. The van der Waals surface area contributed by atoms with E-state index in [0.717, 1.165) is 25.7 Å². The van der Waals surface area contributed by atoms with Crippen LogP contribution in [-0.2, 0) is 4.79 Å². The van der Waals surface area contributed by atoms with Crippen molar-refractivity contribution < 1.29 is 4.79 Å². The molecule has 3 nitrogen and oxygen atoms in total. The van der Waals surface area contributed by atoms with E-state index in [0.29, 0.717) is 5.92 Å². The lowest BCUT2D eigenvalue weighted by molar-refractivity contribution is -0.122. The summed E-state index contributed by atoms with van der Waals surface area (Å²) >= 11 is 0. The normalized spacial score (nSPS) is 32.1. The van der Waals surface area contributed by atoms with E-state index in [1.807, 2.05) is 0 Å². The quantitative estimate of drug-likeness (QED) is 0.742. The maximum atomic E-state index is 11.7. The summed E-state index contributed by atoms with van der Waals surface area (Å²) in [4.78, 5) is 11.7. The summed E-state index contributed by atoms with van der Waals surface area (Å²) in [6.45, 7) is 0. The summed E-state index contributed by atoms with van der Waals surface area (Å²) in [6, 6.07) is 0.441. The molecule has 2 atom stereocenters. The van der Waals surface area contributed by atoms with Crippen LogP contribution in [-0.4, -0.2) is 18.0 Å². The van der Waals surface area contributed by atoms with Crippen molar-refractivity contribution in [3.63, 3.8) is 0 Å². The van der Waals surface area contributed by atoms with Crippen molar-refractivity contribution in [3.05, 3.63) is 0 Å². The highest BCUT2D eigenvalue weighted by Crippen LogP contribution is 2.27. The minimum Gasteiger partial charge on any atom is -0.352 e. The van der Waals surface area contributed by atoms with Crippen LogP contribution in [0, 0.1) is 5.92 Å². The highest BCUT2D eigenvalue weighted by Gasteiger charge is 2.26. The lowest BCUT2D eigenvalue weighted by atomic mass is 10.0. The SMILES string of the molecule is NC1CCCC1NC(=O)CC1CCCC1. The second-order valence-corrected chi connectivity index (χ2v) is 5.12. The number of hydrogen-bond acceptors (Lipinski definition) is 2. The predicted octanol–water partition coefficient (Wildman–Crippen LogP) is 1.56. The van der Waals surface area contributed by atoms with E-state index < -0.39 is 0 Å². The van der Waals surface area contributed by atoms with Gasteiger partial charge in [-0.2, -0.15) is 0 Å². The van der Waals surface area contributed by atoms with Crippen LogP contribution in [0.3, 0.4) is 0 Å². The van der Waals surface area contributed by atoms with Crippen LogP contribution < -0.4 is 11.1 Å². The molecule has 0 aromatic rings. The number of rotatable bonds is 3. The Bertz CT molecular complexity index is 224. The summed E-state index contributed by atoms with van der Waals surface area (Å²) in [7, 11) is 0. The molecule has 2 aliphatic rings. The maximum Gasteiger partial charge on any atom is 0.220 e. The van der Waals surface area contributed by atoms with Crippen molar-refractivity contribution in [2.75, 3.05) is 0 Å². The average Bonchev–Trinajstić information content (AvgIpc) is 2.79. The van der Waals surface area contributed by atoms with Crippen molar-refractivity contribution in [3.8, 4) is 0 Å². The van der Waals surface area contributed by atoms with Crippen molar-refractivity contribution >= 4 is 5.91 Å². The number of carbonyl (C=O) groups is 1. The summed E-state index contributed by atoms with van der Waals surface area (Å²) in [5.41, 5.74) is 5.92. The van der Waals surface area contributed by atoms with E-state index in [1.165, 1.54) is 25.7 Å². The van der Waals surface area contributed by atoms with E-state index in [4.69, 9.17) is 5.73 Å². The molecular weight excluding hydrogens is 188 g/mol. The van der Waals surface area contributed by atoms with Crippen LogP contribution in [0.25, 0.3) is 0 Å². The van der Waals surface area contributed by atoms with Gasteiger partial charge < -0.3 is 11.1 Å². The molecule has 0 bridgehead atoms. The topological polar surface area (TPSA) is 55.1 Å². The molecule has 86 valence electrons. The van der Waals surface area contributed by atoms with Crippen LogP contribution in [0.1, 0.15) is 51.4 Å². The predicted molar refractivity (Wildman–Crippen MR) is 60.3 cm³/mol. The fourth-order valence-electron chi connectivity index (χ4n) is 2.91. The molecule has 0 aromatic carbocycles. The van der Waals surface area contributed by atoms with Gasteiger partial charge in [0.1, 0.15) is 0 Å². The van der Waals surface area contributed by atoms with Gasteiger partial charge in [0.05, 0.1) is 0 Å². The molecule has 0 spiro atoms. The zero-order valence-corrected chi connectivity index (χ0v) is 9.37. The number of nitrogens with one attached hydrogen (secondary N) is 1. The Balaban J connectivity index is 1.71. The molecule has 3 heteroatoms. The third-order valence-corrected chi connectivity index (χ3v) is 3.86. The molecule has 2 fully saturated rings. The third-order valence-electron chi connectivity index (χ3n) is 3.86. The van der Waals surface area contributed by atoms with Gasteiger partial charge in [-0.1, -0.05) is 12.8 Å². The molecule has 2 unspecified atom stereocenters. The Morgan fingerprint density at radius 2 is 1.87 bits per heavy atom. The monoisotopic (exact) mass is 210 g/mol. The van der Waals surface area contributed by atoms with Gasteiger partial charge in [0.2, 0.25) is 5.91 Å². The molecule has 2 rings (SSSR count). The Morgan fingerprint density at radius 3 is 2.47 bits per heavy atom. The number of hydrogen-bond donors (Lipinski definition) is 2. The van der Waals surface area contributed by atoms with Gasteiger partial charge in [-0.05, 0) is 38.0 Å². The molecule has 0 heterocycles. The second-order valence-electron chi connectivity index (χ2n) is 5.12. The van der Waals surface area contributed by atoms with Gasteiger partial charge in [-0.25, -0.2) is 0 Å².